The van der Waals surface area contributed by atoms with Crippen molar-refractivity contribution in [3.05, 3.63) is 67.3 Å². The topological polar surface area (TPSA) is 43.6 Å². The summed E-state index contributed by atoms with van der Waals surface area (Å²) < 4.78 is 2.08. The van der Waals surface area contributed by atoms with Crippen molar-refractivity contribution in [1.29, 1.82) is 0 Å². The molecule has 0 radical (unpaired) electrons. The summed E-state index contributed by atoms with van der Waals surface area (Å²) in [4.78, 5) is 9.16. The summed E-state index contributed by atoms with van der Waals surface area (Å²) in [6.07, 6.45) is 13.2. The van der Waals surface area contributed by atoms with Crippen LogP contribution in [0.2, 0.25) is 0 Å². The molecule has 1 aliphatic carbocycles. The summed E-state index contributed by atoms with van der Waals surface area (Å²) in [5, 5.41) is 5.73. The zero-order chi connectivity index (χ0) is 18.1. The quantitative estimate of drug-likeness (QED) is 0.485. The smallest absolute Gasteiger partial charge is 0.0782 e. The summed E-state index contributed by atoms with van der Waals surface area (Å²) in [5.74, 6) is 0.900. The van der Waals surface area contributed by atoms with Gasteiger partial charge in [0.25, 0.3) is 0 Å². The van der Waals surface area contributed by atoms with Gasteiger partial charge < -0.3 is 0 Å². The minimum Gasteiger partial charge on any atom is -0.272 e. The second-order valence-electron chi connectivity index (χ2n) is 7.39. The van der Waals surface area contributed by atoms with Gasteiger partial charge in [-0.15, -0.1) is 0 Å². The Hall–Kier alpha value is -3.01. The number of benzene rings is 1. The van der Waals surface area contributed by atoms with Gasteiger partial charge in [-0.3, -0.25) is 14.6 Å². The maximum atomic E-state index is 4.67. The Bertz CT molecular complexity index is 1080. The minimum atomic E-state index is 0.900. The molecule has 3 aromatic heterocycles. The average Bonchev–Trinajstić information content (AvgIpc) is 3.15. The van der Waals surface area contributed by atoms with E-state index in [0.717, 1.165) is 45.7 Å². The standard InChI is InChI=1S/C23H22N4/c1-4-17(5-1)10-13-27-16-20(15-26-27)21-7-3-12-25-23(21)19-9-8-18-6-2-11-24-22(18)14-19/h2-3,6-9,11-12,14-17H,1,4-5,10,13H2. The molecule has 0 bridgehead atoms. The number of rotatable bonds is 5. The first-order valence-electron chi connectivity index (χ1n) is 9.70. The highest BCUT2D eigenvalue weighted by Crippen LogP contribution is 2.32. The first kappa shape index (κ1) is 16.2. The molecule has 3 heterocycles. The van der Waals surface area contributed by atoms with Crippen LogP contribution in [0.15, 0.2) is 67.3 Å². The van der Waals surface area contributed by atoms with Crippen LogP contribution in [0.3, 0.4) is 0 Å². The number of hydrogen-bond acceptors (Lipinski definition) is 3. The van der Waals surface area contributed by atoms with E-state index in [0.29, 0.717) is 0 Å². The van der Waals surface area contributed by atoms with Crippen LogP contribution in [0.5, 0.6) is 0 Å². The molecular weight excluding hydrogens is 332 g/mol. The SMILES string of the molecule is c1cnc(-c2ccc3cccnc3c2)c(-c2cnn(CCC3CCC3)c2)c1. The molecule has 4 nitrogen and oxygen atoms in total. The molecule has 0 aliphatic heterocycles. The number of hydrogen-bond donors (Lipinski definition) is 0. The summed E-state index contributed by atoms with van der Waals surface area (Å²) in [6.45, 7) is 1.00. The highest BCUT2D eigenvalue weighted by molar-refractivity contribution is 5.87. The first-order chi connectivity index (χ1) is 13.4. The van der Waals surface area contributed by atoms with Gasteiger partial charge in [-0.25, -0.2) is 0 Å². The molecule has 0 spiro atoms. The highest BCUT2D eigenvalue weighted by atomic mass is 15.3. The van der Waals surface area contributed by atoms with Crippen LogP contribution in [0.1, 0.15) is 25.7 Å². The van der Waals surface area contributed by atoms with Gasteiger partial charge in [0, 0.05) is 47.2 Å². The molecular formula is C23H22N4. The summed E-state index contributed by atoms with van der Waals surface area (Å²) in [5.41, 5.74) is 5.28. The molecule has 0 saturated heterocycles. The fourth-order valence-corrected chi connectivity index (χ4v) is 3.80. The Kier molecular flexibility index (Phi) is 4.17. The number of pyridine rings is 2. The minimum absolute atomic E-state index is 0.900. The van der Waals surface area contributed by atoms with Crippen molar-refractivity contribution < 1.29 is 0 Å². The molecule has 0 unspecified atom stereocenters. The van der Waals surface area contributed by atoms with E-state index in [1.54, 1.807) is 0 Å². The van der Waals surface area contributed by atoms with E-state index in [1.165, 1.54) is 25.7 Å². The van der Waals surface area contributed by atoms with Crippen LogP contribution < -0.4 is 0 Å². The van der Waals surface area contributed by atoms with E-state index >= 15 is 0 Å². The Morgan fingerprint density at radius 1 is 0.963 bits per heavy atom. The molecule has 1 aromatic carbocycles. The number of nitrogens with zero attached hydrogens (tertiary/aromatic N) is 4. The molecule has 0 atom stereocenters. The van der Waals surface area contributed by atoms with Gasteiger partial charge in [-0.2, -0.15) is 5.10 Å². The number of fused-ring (bicyclic) bond motifs is 1. The van der Waals surface area contributed by atoms with Crippen molar-refractivity contribution in [2.45, 2.75) is 32.2 Å². The molecule has 4 heteroatoms. The summed E-state index contributed by atoms with van der Waals surface area (Å²) >= 11 is 0. The summed E-state index contributed by atoms with van der Waals surface area (Å²) in [6, 6.07) is 14.5. The lowest BCUT2D eigenvalue weighted by Crippen LogP contribution is -2.13. The molecule has 134 valence electrons. The molecule has 0 N–H and O–H groups in total. The lowest BCUT2D eigenvalue weighted by Gasteiger charge is -2.24. The Morgan fingerprint density at radius 2 is 1.85 bits per heavy atom. The van der Waals surface area contributed by atoms with Crippen LogP contribution in [0.25, 0.3) is 33.3 Å². The third-order valence-electron chi connectivity index (χ3n) is 5.62. The third-order valence-corrected chi connectivity index (χ3v) is 5.62. The van der Waals surface area contributed by atoms with Crippen molar-refractivity contribution in [3.63, 3.8) is 0 Å². The fourth-order valence-electron chi connectivity index (χ4n) is 3.80. The van der Waals surface area contributed by atoms with E-state index in [1.807, 2.05) is 30.7 Å². The molecule has 0 amide bonds. The average molecular weight is 354 g/mol. The van der Waals surface area contributed by atoms with Gasteiger partial charge in [0.2, 0.25) is 0 Å². The van der Waals surface area contributed by atoms with Crippen molar-refractivity contribution in [2.75, 3.05) is 0 Å². The van der Waals surface area contributed by atoms with Crippen molar-refractivity contribution in [3.8, 4) is 22.4 Å². The van der Waals surface area contributed by atoms with Gasteiger partial charge in [0.1, 0.15) is 0 Å². The largest absolute Gasteiger partial charge is 0.272 e. The predicted octanol–water partition coefficient (Wildman–Crippen LogP) is 5.35. The predicted molar refractivity (Wildman–Crippen MR) is 108 cm³/mol. The molecule has 1 aliphatic rings. The van der Waals surface area contributed by atoms with E-state index in [4.69, 9.17) is 0 Å². The lowest BCUT2D eigenvalue weighted by molar-refractivity contribution is 0.278. The third kappa shape index (κ3) is 3.23. The van der Waals surface area contributed by atoms with Gasteiger partial charge in [-0.05, 0) is 30.5 Å². The van der Waals surface area contributed by atoms with E-state index in [2.05, 4.69) is 56.3 Å². The first-order valence-corrected chi connectivity index (χ1v) is 9.70. The maximum Gasteiger partial charge on any atom is 0.0782 e. The Morgan fingerprint density at radius 3 is 2.74 bits per heavy atom. The zero-order valence-corrected chi connectivity index (χ0v) is 15.3. The van der Waals surface area contributed by atoms with Gasteiger partial charge >= 0.3 is 0 Å². The second-order valence-corrected chi connectivity index (χ2v) is 7.39. The molecule has 27 heavy (non-hydrogen) atoms. The number of aromatic nitrogens is 4. The zero-order valence-electron chi connectivity index (χ0n) is 15.3. The fraction of sp³-hybridized carbons (Fsp3) is 0.261. The molecule has 1 fully saturated rings. The maximum absolute atomic E-state index is 4.67. The Labute approximate surface area is 158 Å². The van der Waals surface area contributed by atoms with Crippen LogP contribution >= 0.6 is 0 Å². The van der Waals surface area contributed by atoms with Gasteiger partial charge in [0.05, 0.1) is 17.4 Å². The molecule has 4 aromatic rings. The monoisotopic (exact) mass is 354 g/mol. The van der Waals surface area contributed by atoms with Crippen molar-refractivity contribution in [1.82, 2.24) is 19.7 Å². The van der Waals surface area contributed by atoms with E-state index < -0.39 is 0 Å². The van der Waals surface area contributed by atoms with Gasteiger partial charge in [-0.1, -0.05) is 43.5 Å². The summed E-state index contributed by atoms with van der Waals surface area (Å²) in [7, 11) is 0. The van der Waals surface area contributed by atoms with E-state index in [-0.39, 0.29) is 0 Å². The van der Waals surface area contributed by atoms with E-state index in [9.17, 15) is 0 Å². The molecule has 1 saturated carbocycles. The number of aryl methyl sites for hydroxylation is 1. The van der Waals surface area contributed by atoms with Crippen LogP contribution in [-0.2, 0) is 6.54 Å². The van der Waals surface area contributed by atoms with Crippen LogP contribution in [0.4, 0.5) is 0 Å². The van der Waals surface area contributed by atoms with Crippen molar-refractivity contribution >= 4 is 10.9 Å². The van der Waals surface area contributed by atoms with Crippen LogP contribution in [0, 0.1) is 5.92 Å². The van der Waals surface area contributed by atoms with Crippen molar-refractivity contribution in [2.24, 2.45) is 5.92 Å². The highest BCUT2D eigenvalue weighted by Gasteiger charge is 2.17. The second kappa shape index (κ2) is 6.95. The molecule has 5 rings (SSSR count). The van der Waals surface area contributed by atoms with Gasteiger partial charge in [0.15, 0.2) is 0 Å². The lowest BCUT2D eigenvalue weighted by atomic mass is 9.83. The Balaban J connectivity index is 1.47. The van der Waals surface area contributed by atoms with Crippen LogP contribution in [-0.4, -0.2) is 19.7 Å². The normalized spacial score (nSPS) is 14.4.